The first-order chi connectivity index (χ1) is 7.43. The summed E-state index contributed by atoms with van der Waals surface area (Å²) >= 11 is 0. The number of hydrogen-bond donors (Lipinski definition) is 0. The van der Waals surface area contributed by atoms with Crippen molar-refractivity contribution < 1.29 is 0 Å². The Morgan fingerprint density at radius 1 is 0.733 bits per heavy atom. The number of rotatable bonds is 1. The monoisotopic (exact) mass is 197 g/mol. The lowest BCUT2D eigenvalue weighted by Crippen LogP contribution is -2.16. The average molecular weight is 197 g/mol. The van der Waals surface area contributed by atoms with Crippen LogP contribution >= 0.6 is 0 Å². The van der Waals surface area contributed by atoms with Gasteiger partial charge in [0.25, 0.3) is 0 Å². The highest BCUT2D eigenvalue weighted by Gasteiger charge is 2.11. The van der Waals surface area contributed by atoms with Crippen molar-refractivity contribution >= 4 is 5.69 Å². The maximum absolute atomic E-state index is 2.47. The molecule has 0 aromatic heterocycles. The standard InChI is InChI=1S/C14H15N/c1-2-11-15(10-1)14-8-6-12-4-3-5-13(12)7-9-14/h3-9H,1-2,10-11H2. The van der Waals surface area contributed by atoms with E-state index < -0.39 is 0 Å². The van der Waals surface area contributed by atoms with E-state index in [1.807, 2.05) is 0 Å². The van der Waals surface area contributed by atoms with Crippen molar-refractivity contribution in [2.24, 2.45) is 0 Å². The molecule has 1 heterocycles. The van der Waals surface area contributed by atoms with Crippen LogP contribution in [0.1, 0.15) is 12.8 Å². The van der Waals surface area contributed by atoms with Gasteiger partial charge in [0.15, 0.2) is 0 Å². The molecular weight excluding hydrogens is 182 g/mol. The van der Waals surface area contributed by atoms with Crippen molar-refractivity contribution in [3.05, 3.63) is 42.5 Å². The van der Waals surface area contributed by atoms with Gasteiger partial charge in [-0.15, -0.1) is 0 Å². The second kappa shape index (κ2) is 3.58. The SMILES string of the molecule is c1cc2ccc(N3CCCC3)ccc-2c1. The summed E-state index contributed by atoms with van der Waals surface area (Å²) in [6.07, 6.45) is 2.68. The Labute approximate surface area is 90.7 Å². The van der Waals surface area contributed by atoms with E-state index in [0.717, 1.165) is 0 Å². The molecule has 0 amide bonds. The summed E-state index contributed by atoms with van der Waals surface area (Å²) in [5.41, 5.74) is 4.03. The molecule has 1 aliphatic heterocycles. The zero-order chi connectivity index (χ0) is 10.1. The molecular formula is C14H15N. The smallest absolute Gasteiger partial charge is 0.0366 e. The van der Waals surface area contributed by atoms with Crippen LogP contribution in [0.15, 0.2) is 42.5 Å². The van der Waals surface area contributed by atoms with Gasteiger partial charge in [-0.05, 0) is 36.1 Å². The fourth-order valence-corrected chi connectivity index (χ4v) is 2.34. The van der Waals surface area contributed by atoms with E-state index in [-0.39, 0.29) is 0 Å². The van der Waals surface area contributed by atoms with Gasteiger partial charge in [-0.1, -0.05) is 30.3 Å². The third-order valence-corrected chi connectivity index (χ3v) is 3.22. The van der Waals surface area contributed by atoms with Crippen LogP contribution in [0, 0.1) is 0 Å². The predicted molar refractivity (Wildman–Crippen MR) is 64.5 cm³/mol. The van der Waals surface area contributed by atoms with Gasteiger partial charge >= 0.3 is 0 Å². The Morgan fingerprint density at radius 3 is 1.93 bits per heavy atom. The van der Waals surface area contributed by atoms with Crippen molar-refractivity contribution in [2.75, 3.05) is 18.0 Å². The van der Waals surface area contributed by atoms with Gasteiger partial charge in [0, 0.05) is 18.8 Å². The summed E-state index contributed by atoms with van der Waals surface area (Å²) in [4.78, 5) is 2.47. The van der Waals surface area contributed by atoms with Crippen LogP contribution < -0.4 is 4.90 Å². The number of hydrogen-bond acceptors (Lipinski definition) is 1. The van der Waals surface area contributed by atoms with Crippen molar-refractivity contribution in [2.45, 2.75) is 12.8 Å². The molecule has 0 aromatic carbocycles. The minimum atomic E-state index is 1.22. The first-order valence-electron chi connectivity index (χ1n) is 5.67. The molecule has 15 heavy (non-hydrogen) atoms. The molecule has 0 N–H and O–H groups in total. The molecule has 3 aliphatic rings. The molecule has 0 unspecified atom stereocenters. The summed E-state index contributed by atoms with van der Waals surface area (Å²) in [6, 6.07) is 15.4. The van der Waals surface area contributed by atoms with Crippen LogP contribution in [0.4, 0.5) is 5.69 Å². The van der Waals surface area contributed by atoms with Gasteiger partial charge in [0.1, 0.15) is 0 Å². The van der Waals surface area contributed by atoms with Crippen molar-refractivity contribution in [3.8, 4) is 11.1 Å². The Hall–Kier alpha value is -1.50. The third-order valence-electron chi connectivity index (χ3n) is 3.22. The van der Waals surface area contributed by atoms with Gasteiger partial charge in [-0.2, -0.15) is 0 Å². The maximum Gasteiger partial charge on any atom is 0.0366 e. The summed E-state index contributed by atoms with van der Waals surface area (Å²) in [5, 5.41) is 0. The summed E-state index contributed by atoms with van der Waals surface area (Å²) < 4.78 is 0. The van der Waals surface area contributed by atoms with Gasteiger partial charge < -0.3 is 4.90 Å². The van der Waals surface area contributed by atoms with E-state index in [1.54, 1.807) is 0 Å². The fraction of sp³-hybridized carbons (Fsp3) is 0.286. The molecule has 3 rings (SSSR count). The first-order valence-corrected chi connectivity index (χ1v) is 5.67. The van der Waals surface area contributed by atoms with E-state index >= 15 is 0 Å². The quantitative estimate of drug-likeness (QED) is 0.677. The molecule has 0 spiro atoms. The normalized spacial score (nSPS) is 16.1. The van der Waals surface area contributed by atoms with Crippen LogP contribution in [0.3, 0.4) is 0 Å². The van der Waals surface area contributed by atoms with Crippen LogP contribution in [-0.4, -0.2) is 13.1 Å². The van der Waals surface area contributed by atoms with Crippen LogP contribution in [0.25, 0.3) is 11.1 Å². The molecule has 1 heteroatoms. The lowest BCUT2D eigenvalue weighted by Gasteiger charge is -2.15. The van der Waals surface area contributed by atoms with Crippen LogP contribution in [-0.2, 0) is 0 Å². The Bertz CT molecular complexity index is 399. The van der Waals surface area contributed by atoms with Crippen LogP contribution in [0.2, 0.25) is 0 Å². The minimum absolute atomic E-state index is 1.22. The summed E-state index contributed by atoms with van der Waals surface area (Å²) in [7, 11) is 0. The minimum Gasteiger partial charge on any atom is -0.372 e. The van der Waals surface area contributed by atoms with E-state index in [2.05, 4.69) is 47.4 Å². The number of fused-ring (bicyclic) bond motifs is 1. The van der Waals surface area contributed by atoms with Gasteiger partial charge in [0.05, 0.1) is 0 Å². The van der Waals surface area contributed by atoms with E-state index in [0.29, 0.717) is 0 Å². The zero-order valence-electron chi connectivity index (χ0n) is 8.82. The Balaban J connectivity index is 2.01. The average Bonchev–Trinajstić information content (AvgIpc) is 2.88. The van der Waals surface area contributed by atoms with Crippen LogP contribution in [0.5, 0.6) is 0 Å². The molecule has 0 saturated carbocycles. The van der Waals surface area contributed by atoms with E-state index in [9.17, 15) is 0 Å². The molecule has 2 aliphatic carbocycles. The highest BCUT2D eigenvalue weighted by Crippen LogP contribution is 2.26. The first kappa shape index (κ1) is 8.78. The summed E-state index contributed by atoms with van der Waals surface area (Å²) in [6.45, 7) is 2.43. The molecule has 0 atom stereocenters. The second-order valence-corrected chi connectivity index (χ2v) is 4.22. The lowest BCUT2D eigenvalue weighted by molar-refractivity contribution is 0.949. The molecule has 0 aromatic rings. The molecule has 1 nitrogen and oxygen atoms in total. The predicted octanol–water partition coefficient (Wildman–Crippen LogP) is 3.39. The van der Waals surface area contributed by atoms with E-state index in [4.69, 9.17) is 0 Å². The maximum atomic E-state index is 2.47. The lowest BCUT2D eigenvalue weighted by atomic mass is 10.2. The molecule has 1 fully saturated rings. The molecule has 1 saturated heterocycles. The fourth-order valence-electron chi connectivity index (χ4n) is 2.34. The highest BCUT2D eigenvalue weighted by atomic mass is 15.1. The topological polar surface area (TPSA) is 3.24 Å². The van der Waals surface area contributed by atoms with Crippen molar-refractivity contribution in [1.82, 2.24) is 0 Å². The number of nitrogens with zero attached hydrogens (tertiary/aromatic N) is 1. The van der Waals surface area contributed by atoms with Crippen molar-refractivity contribution in [3.63, 3.8) is 0 Å². The zero-order valence-corrected chi connectivity index (χ0v) is 8.82. The second-order valence-electron chi connectivity index (χ2n) is 4.22. The Kier molecular flexibility index (Phi) is 2.09. The van der Waals surface area contributed by atoms with Gasteiger partial charge in [-0.3, -0.25) is 0 Å². The Morgan fingerprint density at radius 2 is 1.33 bits per heavy atom. The molecule has 76 valence electrons. The third kappa shape index (κ3) is 1.58. The van der Waals surface area contributed by atoms with Gasteiger partial charge in [0.2, 0.25) is 0 Å². The highest BCUT2D eigenvalue weighted by molar-refractivity contribution is 5.68. The largest absolute Gasteiger partial charge is 0.372 e. The van der Waals surface area contributed by atoms with E-state index in [1.165, 1.54) is 42.7 Å². The molecule has 0 bridgehead atoms. The van der Waals surface area contributed by atoms with Crippen molar-refractivity contribution in [1.29, 1.82) is 0 Å². The molecule has 0 radical (unpaired) electrons. The van der Waals surface area contributed by atoms with Gasteiger partial charge in [-0.25, -0.2) is 0 Å². The number of anilines is 1. The summed E-state index contributed by atoms with van der Waals surface area (Å²) in [5.74, 6) is 0.